The Balaban J connectivity index is 0.000000614. The number of aromatic hydroxyl groups is 3. The Labute approximate surface area is 181 Å². The summed E-state index contributed by atoms with van der Waals surface area (Å²) in [5.74, 6) is -0.463. The third-order valence-corrected chi connectivity index (χ3v) is 4.98. The molecule has 6 heteroatoms. The average molecular weight is 424 g/mol. The van der Waals surface area contributed by atoms with Crippen molar-refractivity contribution in [2.24, 2.45) is 5.92 Å². The van der Waals surface area contributed by atoms with Crippen LogP contribution in [0.5, 0.6) is 17.2 Å². The first-order valence-electron chi connectivity index (χ1n) is 9.97. The van der Waals surface area contributed by atoms with Crippen molar-refractivity contribution in [1.82, 2.24) is 0 Å². The van der Waals surface area contributed by atoms with Crippen molar-refractivity contribution < 1.29 is 30.3 Å². The van der Waals surface area contributed by atoms with E-state index in [1.165, 1.54) is 23.8 Å². The topological polar surface area (TPSA) is 118 Å². The van der Waals surface area contributed by atoms with E-state index < -0.39 is 12.1 Å². The van der Waals surface area contributed by atoms with Gasteiger partial charge in [0.1, 0.15) is 17.2 Å². The molecule has 31 heavy (non-hydrogen) atoms. The number of phenolic OH excluding ortho intramolecular Hbond substituents is 3. The number of aliphatic carboxylic acids is 1. The van der Waals surface area contributed by atoms with Gasteiger partial charge in [0, 0.05) is 17.5 Å². The van der Waals surface area contributed by atoms with Crippen molar-refractivity contribution in [2.75, 3.05) is 0 Å². The lowest BCUT2D eigenvalue weighted by molar-refractivity contribution is -0.131. The summed E-state index contributed by atoms with van der Waals surface area (Å²) >= 11 is 0. The predicted octanol–water partition coefficient (Wildman–Crippen LogP) is 4.91. The van der Waals surface area contributed by atoms with Crippen LogP contribution in [0.1, 0.15) is 37.0 Å². The lowest BCUT2D eigenvalue weighted by atomic mass is 9.91. The minimum absolute atomic E-state index is 0.0531. The normalized spacial score (nSPS) is 12.5. The first kappa shape index (κ1) is 23.8. The van der Waals surface area contributed by atoms with Gasteiger partial charge in [0.15, 0.2) is 0 Å². The number of carbonyl (C=O) groups is 1. The zero-order valence-corrected chi connectivity index (χ0v) is 17.4. The SMILES string of the molecule is C=CC(=O)O.C[C@H](CC[C@H](O)c1cc(O)cc(O)c1)Cc1ccc(O)c2ccccc12. The van der Waals surface area contributed by atoms with Gasteiger partial charge in [-0.2, -0.15) is 0 Å². The Kier molecular flexibility index (Phi) is 8.46. The van der Waals surface area contributed by atoms with Crippen LogP contribution in [0.15, 0.2) is 67.3 Å². The Bertz CT molecular complexity index is 1020. The first-order chi connectivity index (χ1) is 14.7. The molecule has 0 aliphatic rings. The fraction of sp³-hybridized carbons (Fsp3) is 0.240. The van der Waals surface area contributed by atoms with Crippen molar-refractivity contribution in [2.45, 2.75) is 32.3 Å². The van der Waals surface area contributed by atoms with Gasteiger partial charge >= 0.3 is 5.97 Å². The molecule has 3 aromatic carbocycles. The number of carboxylic acid groups (broad SMARTS) is 1. The fourth-order valence-corrected chi connectivity index (χ4v) is 3.42. The zero-order chi connectivity index (χ0) is 23.0. The zero-order valence-electron chi connectivity index (χ0n) is 17.4. The summed E-state index contributed by atoms with van der Waals surface area (Å²) < 4.78 is 0. The van der Waals surface area contributed by atoms with Crippen molar-refractivity contribution in [3.8, 4) is 17.2 Å². The number of hydrogen-bond acceptors (Lipinski definition) is 5. The molecule has 5 N–H and O–H groups in total. The molecule has 0 heterocycles. The number of aliphatic hydroxyl groups excluding tert-OH is 1. The van der Waals surface area contributed by atoms with E-state index >= 15 is 0 Å². The second-order valence-corrected chi connectivity index (χ2v) is 7.52. The van der Waals surface area contributed by atoms with Gasteiger partial charge < -0.3 is 25.5 Å². The van der Waals surface area contributed by atoms with Gasteiger partial charge in [0.05, 0.1) is 6.10 Å². The number of benzene rings is 3. The van der Waals surface area contributed by atoms with E-state index in [0.717, 1.165) is 29.7 Å². The maximum atomic E-state index is 10.3. The standard InChI is InChI=1S/C22H24O4.C3H4O2/c1-14(6-8-21(25)16-11-17(23)13-18(24)12-16)10-15-7-9-22(26)20-5-3-2-4-19(15)20;1-2-3(4)5/h2-5,7,9,11-14,21,23-26H,6,8,10H2,1H3;2H,1H2,(H,4,5)/t14-,21+;/m1./s1. The average Bonchev–Trinajstić information content (AvgIpc) is 2.74. The summed E-state index contributed by atoms with van der Waals surface area (Å²) in [6, 6.07) is 15.7. The highest BCUT2D eigenvalue weighted by atomic mass is 16.4. The summed E-state index contributed by atoms with van der Waals surface area (Å²) in [5, 5.41) is 48.9. The van der Waals surface area contributed by atoms with Gasteiger partial charge in [0.2, 0.25) is 0 Å². The summed E-state index contributed by atoms with van der Waals surface area (Å²) in [5.41, 5.74) is 1.69. The number of hydrogen-bond donors (Lipinski definition) is 5. The van der Waals surface area contributed by atoms with Crippen LogP contribution < -0.4 is 0 Å². The summed E-state index contributed by atoms with van der Waals surface area (Å²) in [6.45, 7) is 5.09. The minimum Gasteiger partial charge on any atom is -0.508 e. The number of phenols is 3. The molecule has 0 aliphatic heterocycles. The molecule has 0 radical (unpaired) electrons. The third-order valence-electron chi connectivity index (χ3n) is 4.98. The Morgan fingerprint density at radius 3 is 2.13 bits per heavy atom. The van der Waals surface area contributed by atoms with Crippen LogP contribution >= 0.6 is 0 Å². The molecule has 0 saturated carbocycles. The van der Waals surface area contributed by atoms with Crippen LogP contribution in [-0.4, -0.2) is 31.5 Å². The lowest BCUT2D eigenvalue weighted by Crippen LogP contribution is -2.05. The predicted molar refractivity (Wildman–Crippen MR) is 120 cm³/mol. The van der Waals surface area contributed by atoms with Gasteiger partial charge in [-0.25, -0.2) is 4.79 Å². The van der Waals surface area contributed by atoms with Crippen LogP contribution in [0.2, 0.25) is 0 Å². The number of fused-ring (bicyclic) bond motifs is 1. The summed E-state index contributed by atoms with van der Waals surface area (Å²) in [6.07, 6.45) is 2.29. The molecule has 0 saturated heterocycles. The van der Waals surface area contributed by atoms with Crippen LogP contribution in [0.25, 0.3) is 10.8 Å². The quantitative estimate of drug-likeness (QED) is 0.344. The molecule has 3 rings (SSSR count). The molecule has 6 nitrogen and oxygen atoms in total. The second-order valence-electron chi connectivity index (χ2n) is 7.52. The van der Waals surface area contributed by atoms with Crippen LogP contribution in [0.3, 0.4) is 0 Å². The molecular formula is C25H28O6. The van der Waals surface area contributed by atoms with Gasteiger partial charge in [-0.3, -0.25) is 0 Å². The smallest absolute Gasteiger partial charge is 0.327 e. The van der Waals surface area contributed by atoms with Crippen molar-refractivity contribution in [3.63, 3.8) is 0 Å². The molecule has 2 atom stereocenters. The number of rotatable bonds is 7. The number of aliphatic hydroxyl groups is 1. The van der Waals surface area contributed by atoms with E-state index in [-0.39, 0.29) is 17.2 Å². The molecule has 0 spiro atoms. The number of carboxylic acids is 1. The van der Waals surface area contributed by atoms with Crippen molar-refractivity contribution in [1.29, 1.82) is 0 Å². The van der Waals surface area contributed by atoms with Crippen LogP contribution in [-0.2, 0) is 11.2 Å². The Morgan fingerprint density at radius 2 is 1.55 bits per heavy atom. The van der Waals surface area contributed by atoms with Gasteiger partial charge in [-0.15, -0.1) is 0 Å². The first-order valence-corrected chi connectivity index (χ1v) is 9.97. The van der Waals surface area contributed by atoms with E-state index in [4.69, 9.17) is 5.11 Å². The maximum absolute atomic E-state index is 10.3. The molecular weight excluding hydrogens is 396 g/mol. The molecule has 0 fully saturated rings. The van der Waals surface area contributed by atoms with E-state index in [9.17, 15) is 25.2 Å². The summed E-state index contributed by atoms with van der Waals surface area (Å²) in [4.78, 5) is 9.25. The second kappa shape index (κ2) is 11.0. The van der Waals surface area contributed by atoms with Gasteiger partial charge in [-0.1, -0.05) is 43.8 Å². The highest BCUT2D eigenvalue weighted by Crippen LogP contribution is 2.31. The molecule has 0 unspecified atom stereocenters. The van der Waals surface area contributed by atoms with Crippen LogP contribution in [0, 0.1) is 5.92 Å². The third kappa shape index (κ3) is 7.04. The molecule has 164 valence electrons. The molecule has 0 amide bonds. The van der Waals surface area contributed by atoms with Crippen molar-refractivity contribution >= 4 is 16.7 Å². The molecule has 3 aromatic rings. The van der Waals surface area contributed by atoms with Crippen LogP contribution in [0.4, 0.5) is 0 Å². The largest absolute Gasteiger partial charge is 0.508 e. The van der Waals surface area contributed by atoms with E-state index in [1.54, 1.807) is 6.07 Å². The van der Waals surface area contributed by atoms with Gasteiger partial charge in [-0.05, 0) is 59.9 Å². The van der Waals surface area contributed by atoms with Crippen molar-refractivity contribution in [3.05, 3.63) is 78.4 Å². The highest BCUT2D eigenvalue weighted by Gasteiger charge is 2.14. The summed E-state index contributed by atoms with van der Waals surface area (Å²) in [7, 11) is 0. The lowest BCUT2D eigenvalue weighted by Gasteiger charge is -2.17. The maximum Gasteiger partial charge on any atom is 0.327 e. The van der Waals surface area contributed by atoms with E-state index in [2.05, 4.69) is 13.5 Å². The van der Waals surface area contributed by atoms with E-state index in [0.29, 0.717) is 17.9 Å². The highest BCUT2D eigenvalue weighted by molar-refractivity contribution is 5.90. The minimum atomic E-state index is -0.981. The molecule has 0 bridgehead atoms. The molecule has 0 aromatic heterocycles. The van der Waals surface area contributed by atoms with Gasteiger partial charge in [0.25, 0.3) is 0 Å². The Morgan fingerprint density at radius 1 is 0.968 bits per heavy atom. The Hall–Kier alpha value is -3.51. The fourth-order valence-electron chi connectivity index (χ4n) is 3.42. The monoisotopic (exact) mass is 424 g/mol. The molecule has 0 aliphatic carbocycles. The van der Waals surface area contributed by atoms with E-state index in [1.807, 2.05) is 30.3 Å².